The number of carbonyl (C=O) groups excluding carboxylic acids is 1. The molecule has 0 fully saturated rings. The molecule has 0 bridgehead atoms. The molecule has 0 atom stereocenters. The molecule has 0 aliphatic carbocycles. The van der Waals surface area contributed by atoms with Gasteiger partial charge in [0.15, 0.2) is 11.7 Å². The van der Waals surface area contributed by atoms with Gasteiger partial charge in [-0.05, 0) is 42.0 Å². The summed E-state index contributed by atoms with van der Waals surface area (Å²) in [5.41, 5.74) is 1.95. The van der Waals surface area contributed by atoms with E-state index in [-0.39, 0.29) is 5.91 Å². The fourth-order valence-electron chi connectivity index (χ4n) is 2.67. The molecule has 3 rings (SSSR count). The molecule has 140 valence electrons. The Morgan fingerprint density at radius 1 is 1.15 bits per heavy atom. The van der Waals surface area contributed by atoms with E-state index >= 15 is 0 Å². The maximum absolute atomic E-state index is 12.4. The predicted molar refractivity (Wildman–Crippen MR) is 105 cm³/mol. The van der Waals surface area contributed by atoms with Crippen molar-refractivity contribution in [3.05, 3.63) is 71.2 Å². The molecule has 0 saturated heterocycles. The molecule has 0 spiro atoms. The third kappa shape index (κ3) is 5.11. The van der Waals surface area contributed by atoms with Crippen molar-refractivity contribution in [2.45, 2.75) is 19.4 Å². The first-order chi connectivity index (χ1) is 13.0. The van der Waals surface area contributed by atoms with Crippen molar-refractivity contribution in [3.8, 4) is 17.1 Å². The molecule has 1 aromatic heterocycles. The maximum Gasteiger partial charge on any atom is 0.223 e. The summed E-state index contributed by atoms with van der Waals surface area (Å²) in [6.07, 6.45) is 2.47. The number of benzene rings is 2. The molecular weight excluding hydrogens is 364 g/mol. The molecule has 1 heterocycles. The van der Waals surface area contributed by atoms with Crippen molar-refractivity contribution < 1.29 is 13.9 Å². The number of ether oxygens (including phenoxy) is 1. The van der Waals surface area contributed by atoms with E-state index in [1.165, 1.54) is 0 Å². The normalized spacial score (nSPS) is 10.6. The number of carbonyl (C=O) groups is 1. The van der Waals surface area contributed by atoms with Gasteiger partial charge in [0, 0.05) is 37.0 Å². The molecule has 5 nitrogen and oxygen atoms in total. The summed E-state index contributed by atoms with van der Waals surface area (Å²) in [5, 5.41) is 0.670. The van der Waals surface area contributed by atoms with Gasteiger partial charge in [0.25, 0.3) is 0 Å². The standard InChI is InChI=1S/C21H21ClN2O3/c1-24(14-15-3-9-18(26-2)10-4-15)21(25)12-11-20-23-13-19(27-20)16-5-7-17(22)8-6-16/h3-10,13H,11-12,14H2,1-2H3. The van der Waals surface area contributed by atoms with E-state index in [9.17, 15) is 4.79 Å². The Morgan fingerprint density at radius 2 is 1.85 bits per heavy atom. The Balaban J connectivity index is 1.53. The van der Waals surface area contributed by atoms with Gasteiger partial charge in [0.1, 0.15) is 5.75 Å². The Kier molecular flexibility index (Phi) is 6.14. The second-order valence-corrected chi connectivity index (χ2v) is 6.66. The summed E-state index contributed by atoms with van der Waals surface area (Å²) in [6.45, 7) is 0.546. The van der Waals surface area contributed by atoms with Gasteiger partial charge >= 0.3 is 0 Å². The second-order valence-electron chi connectivity index (χ2n) is 6.22. The van der Waals surface area contributed by atoms with Crippen LogP contribution in [0, 0.1) is 0 Å². The minimum absolute atomic E-state index is 0.0389. The Hall–Kier alpha value is -2.79. The van der Waals surface area contributed by atoms with Gasteiger partial charge in [-0.25, -0.2) is 4.98 Å². The van der Waals surface area contributed by atoms with Gasteiger partial charge in [-0.15, -0.1) is 0 Å². The average Bonchev–Trinajstić information content (AvgIpc) is 3.16. The van der Waals surface area contributed by atoms with Crippen LogP contribution in [0.15, 0.2) is 59.1 Å². The number of hydrogen-bond acceptors (Lipinski definition) is 4. The monoisotopic (exact) mass is 384 g/mol. The van der Waals surface area contributed by atoms with E-state index in [0.717, 1.165) is 16.9 Å². The molecule has 0 aliphatic rings. The Labute approximate surface area is 163 Å². The van der Waals surface area contributed by atoms with Gasteiger partial charge in [-0.3, -0.25) is 4.79 Å². The number of methoxy groups -OCH3 is 1. The zero-order valence-corrected chi connectivity index (χ0v) is 16.1. The molecule has 2 aromatic carbocycles. The fourth-order valence-corrected chi connectivity index (χ4v) is 2.80. The predicted octanol–water partition coefficient (Wildman–Crippen LogP) is 4.59. The highest BCUT2D eigenvalue weighted by Gasteiger charge is 2.13. The molecule has 3 aromatic rings. The second kappa shape index (κ2) is 8.73. The minimum atomic E-state index is 0.0389. The molecular formula is C21H21ClN2O3. The third-order valence-corrected chi connectivity index (χ3v) is 4.49. The quantitative estimate of drug-likeness (QED) is 0.597. The summed E-state index contributed by atoms with van der Waals surface area (Å²) in [6, 6.07) is 15.0. The van der Waals surface area contributed by atoms with Crippen molar-refractivity contribution in [2.75, 3.05) is 14.2 Å². The lowest BCUT2D eigenvalue weighted by molar-refractivity contribution is -0.130. The van der Waals surface area contributed by atoms with Crippen LogP contribution in [-0.4, -0.2) is 29.9 Å². The molecule has 0 N–H and O–H groups in total. The molecule has 27 heavy (non-hydrogen) atoms. The van der Waals surface area contributed by atoms with E-state index < -0.39 is 0 Å². The van der Waals surface area contributed by atoms with Crippen LogP contribution >= 0.6 is 11.6 Å². The van der Waals surface area contributed by atoms with Crippen LogP contribution in [0.5, 0.6) is 5.75 Å². The van der Waals surface area contributed by atoms with E-state index in [0.29, 0.717) is 36.1 Å². The smallest absolute Gasteiger partial charge is 0.223 e. The van der Waals surface area contributed by atoms with Crippen LogP contribution in [0.1, 0.15) is 17.9 Å². The summed E-state index contributed by atoms with van der Waals surface area (Å²) >= 11 is 5.90. The number of hydrogen-bond donors (Lipinski definition) is 0. The number of halogens is 1. The maximum atomic E-state index is 12.4. The van der Waals surface area contributed by atoms with Gasteiger partial charge < -0.3 is 14.1 Å². The summed E-state index contributed by atoms with van der Waals surface area (Å²) < 4.78 is 10.9. The number of rotatable bonds is 7. The van der Waals surface area contributed by atoms with Crippen molar-refractivity contribution in [1.82, 2.24) is 9.88 Å². The first-order valence-corrected chi connectivity index (χ1v) is 9.00. The molecule has 0 radical (unpaired) electrons. The number of aromatic nitrogens is 1. The van der Waals surface area contributed by atoms with Crippen LogP contribution in [-0.2, 0) is 17.8 Å². The third-order valence-electron chi connectivity index (χ3n) is 4.24. The Morgan fingerprint density at radius 3 is 2.52 bits per heavy atom. The Bertz CT molecular complexity index is 889. The van der Waals surface area contributed by atoms with Gasteiger partial charge in [0.05, 0.1) is 13.3 Å². The SMILES string of the molecule is COc1ccc(CN(C)C(=O)CCc2ncc(-c3ccc(Cl)cc3)o2)cc1. The summed E-state index contributed by atoms with van der Waals surface area (Å²) in [7, 11) is 3.42. The van der Waals surface area contributed by atoms with Crippen LogP contribution in [0.25, 0.3) is 11.3 Å². The molecule has 0 unspecified atom stereocenters. The molecule has 0 saturated carbocycles. The van der Waals surface area contributed by atoms with Crippen molar-refractivity contribution in [3.63, 3.8) is 0 Å². The summed E-state index contributed by atoms with van der Waals surface area (Å²) in [5.74, 6) is 2.05. The minimum Gasteiger partial charge on any atom is -0.497 e. The van der Waals surface area contributed by atoms with E-state index in [2.05, 4.69) is 4.98 Å². The van der Waals surface area contributed by atoms with E-state index in [1.807, 2.05) is 36.4 Å². The average molecular weight is 385 g/mol. The number of nitrogens with zero attached hydrogens (tertiary/aromatic N) is 2. The topological polar surface area (TPSA) is 55.6 Å². The molecule has 1 amide bonds. The highest BCUT2D eigenvalue weighted by atomic mass is 35.5. The van der Waals surface area contributed by atoms with Gasteiger partial charge in [0.2, 0.25) is 5.91 Å². The molecule has 0 aliphatic heterocycles. The van der Waals surface area contributed by atoms with E-state index in [4.69, 9.17) is 20.8 Å². The number of amides is 1. The number of oxazole rings is 1. The lowest BCUT2D eigenvalue weighted by atomic mass is 10.2. The van der Waals surface area contributed by atoms with E-state index in [1.54, 1.807) is 37.4 Å². The highest BCUT2D eigenvalue weighted by molar-refractivity contribution is 6.30. The van der Waals surface area contributed by atoms with Crippen molar-refractivity contribution in [1.29, 1.82) is 0 Å². The highest BCUT2D eigenvalue weighted by Crippen LogP contribution is 2.23. The van der Waals surface area contributed by atoms with Crippen LogP contribution in [0.2, 0.25) is 5.02 Å². The van der Waals surface area contributed by atoms with Gasteiger partial charge in [-0.2, -0.15) is 0 Å². The van der Waals surface area contributed by atoms with Gasteiger partial charge in [-0.1, -0.05) is 23.7 Å². The van der Waals surface area contributed by atoms with Crippen LogP contribution in [0.4, 0.5) is 0 Å². The zero-order chi connectivity index (χ0) is 19.2. The molecule has 6 heteroatoms. The lowest BCUT2D eigenvalue weighted by Crippen LogP contribution is -2.26. The first-order valence-electron chi connectivity index (χ1n) is 8.62. The number of aryl methyl sites for hydroxylation is 1. The van der Waals surface area contributed by atoms with Crippen molar-refractivity contribution >= 4 is 17.5 Å². The zero-order valence-electron chi connectivity index (χ0n) is 15.3. The van der Waals surface area contributed by atoms with Crippen LogP contribution < -0.4 is 4.74 Å². The first kappa shape index (κ1) is 19.0. The fraction of sp³-hybridized carbons (Fsp3) is 0.238. The lowest BCUT2D eigenvalue weighted by Gasteiger charge is -2.17. The van der Waals surface area contributed by atoms with Crippen LogP contribution in [0.3, 0.4) is 0 Å². The van der Waals surface area contributed by atoms with Crippen molar-refractivity contribution in [2.24, 2.45) is 0 Å². The largest absolute Gasteiger partial charge is 0.497 e. The summed E-state index contributed by atoms with van der Waals surface area (Å²) in [4.78, 5) is 18.3.